The summed E-state index contributed by atoms with van der Waals surface area (Å²) in [5.41, 5.74) is 8.14. The van der Waals surface area contributed by atoms with Gasteiger partial charge in [-0.05, 0) is 39.0 Å². The second kappa shape index (κ2) is 5.89. The van der Waals surface area contributed by atoms with Crippen molar-refractivity contribution in [2.75, 3.05) is 5.73 Å². The molecular weight excluding hydrogens is 334 g/mol. The number of alkyl halides is 1. The molecule has 1 aromatic carbocycles. The molecule has 1 aromatic heterocycles. The molecule has 0 radical (unpaired) electrons. The van der Waals surface area contributed by atoms with Crippen LogP contribution in [-0.4, -0.2) is 21.5 Å². The number of rotatable bonds is 2. The maximum absolute atomic E-state index is 12.2. The highest BCUT2D eigenvalue weighted by atomic mass is 79.9. The number of carbonyl (C=O) groups excluding carboxylic acids is 1. The van der Waals surface area contributed by atoms with E-state index in [2.05, 4.69) is 21.0 Å². The molecule has 0 bridgehead atoms. The van der Waals surface area contributed by atoms with Gasteiger partial charge in [-0.2, -0.15) is 9.78 Å². The average Bonchev–Trinajstić information content (AvgIpc) is 2.81. The van der Waals surface area contributed by atoms with Crippen LogP contribution in [0.5, 0.6) is 0 Å². The Kier molecular flexibility index (Phi) is 4.37. The molecule has 0 saturated carbocycles. The summed E-state index contributed by atoms with van der Waals surface area (Å²) < 4.78 is 6.63. The third-order valence-electron chi connectivity index (χ3n) is 2.67. The average molecular weight is 352 g/mol. The fourth-order valence-electron chi connectivity index (χ4n) is 1.82. The van der Waals surface area contributed by atoms with Crippen LogP contribution >= 0.6 is 15.9 Å². The molecule has 0 spiro atoms. The molecule has 5 nitrogen and oxygen atoms in total. The summed E-state index contributed by atoms with van der Waals surface area (Å²) in [4.78, 5) is 12.2. The van der Waals surface area contributed by atoms with E-state index in [0.717, 1.165) is 11.3 Å². The predicted octanol–water partition coefficient (Wildman–Crippen LogP) is 3.81. The van der Waals surface area contributed by atoms with E-state index >= 15 is 0 Å². The standard InChI is InChI=1S/C15H18BrN3O2/c1-15(2,3)21-14(20)19-12(9-16)8-13(18-19)10-5-4-6-11(17)7-10/h4-8H,9,17H2,1-3H3. The molecule has 2 aromatic rings. The maximum atomic E-state index is 12.2. The van der Waals surface area contributed by atoms with Gasteiger partial charge >= 0.3 is 6.09 Å². The van der Waals surface area contributed by atoms with Crippen molar-refractivity contribution in [2.24, 2.45) is 0 Å². The Morgan fingerprint density at radius 2 is 2.10 bits per heavy atom. The molecule has 0 atom stereocenters. The Morgan fingerprint density at radius 3 is 2.67 bits per heavy atom. The lowest BCUT2D eigenvalue weighted by atomic mass is 10.1. The first kappa shape index (κ1) is 15.6. The lowest BCUT2D eigenvalue weighted by Gasteiger charge is -2.19. The molecule has 112 valence electrons. The largest absolute Gasteiger partial charge is 0.442 e. The summed E-state index contributed by atoms with van der Waals surface area (Å²) >= 11 is 3.36. The van der Waals surface area contributed by atoms with Gasteiger partial charge in [-0.25, -0.2) is 4.79 Å². The van der Waals surface area contributed by atoms with Crippen LogP contribution in [0.4, 0.5) is 10.5 Å². The number of nitrogen functional groups attached to an aromatic ring is 1. The van der Waals surface area contributed by atoms with Gasteiger partial charge in [-0.3, -0.25) is 0 Å². The minimum atomic E-state index is -0.566. The van der Waals surface area contributed by atoms with Crippen molar-refractivity contribution in [3.63, 3.8) is 0 Å². The Bertz CT molecular complexity index is 659. The smallest absolute Gasteiger partial charge is 0.435 e. The number of benzene rings is 1. The van der Waals surface area contributed by atoms with Gasteiger partial charge in [-0.15, -0.1) is 0 Å². The highest BCUT2D eigenvalue weighted by Gasteiger charge is 2.21. The highest BCUT2D eigenvalue weighted by molar-refractivity contribution is 9.08. The van der Waals surface area contributed by atoms with E-state index in [-0.39, 0.29) is 0 Å². The zero-order valence-electron chi connectivity index (χ0n) is 12.3. The van der Waals surface area contributed by atoms with Gasteiger partial charge in [0.05, 0.1) is 11.4 Å². The lowest BCUT2D eigenvalue weighted by molar-refractivity contribution is 0.0511. The summed E-state index contributed by atoms with van der Waals surface area (Å²) in [6.45, 7) is 5.46. The van der Waals surface area contributed by atoms with Gasteiger partial charge in [0, 0.05) is 16.6 Å². The zero-order valence-corrected chi connectivity index (χ0v) is 13.8. The van der Waals surface area contributed by atoms with Crippen molar-refractivity contribution in [3.8, 4) is 11.3 Å². The molecule has 0 aliphatic heterocycles. The molecule has 0 saturated heterocycles. The number of halogens is 1. The molecule has 1 heterocycles. The van der Waals surface area contributed by atoms with Crippen molar-refractivity contribution in [1.29, 1.82) is 0 Å². The van der Waals surface area contributed by atoms with Crippen LogP contribution in [0, 0.1) is 0 Å². The molecule has 0 fully saturated rings. The fourth-order valence-corrected chi connectivity index (χ4v) is 2.22. The minimum Gasteiger partial charge on any atom is -0.442 e. The number of hydrogen-bond acceptors (Lipinski definition) is 4. The van der Waals surface area contributed by atoms with E-state index in [1.807, 2.05) is 45.0 Å². The Morgan fingerprint density at radius 1 is 1.38 bits per heavy atom. The summed E-state index contributed by atoms with van der Waals surface area (Å²) in [6.07, 6.45) is -0.493. The highest BCUT2D eigenvalue weighted by Crippen LogP contribution is 2.23. The molecular formula is C15H18BrN3O2. The normalized spacial score (nSPS) is 11.4. The molecule has 0 unspecified atom stereocenters. The third-order valence-corrected chi connectivity index (χ3v) is 3.24. The monoisotopic (exact) mass is 351 g/mol. The number of anilines is 1. The van der Waals surface area contributed by atoms with Gasteiger partial charge in [-0.1, -0.05) is 28.1 Å². The molecule has 0 aliphatic rings. The van der Waals surface area contributed by atoms with Crippen LogP contribution in [0.2, 0.25) is 0 Å². The third kappa shape index (κ3) is 3.85. The summed E-state index contributed by atoms with van der Waals surface area (Å²) in [7, 11) is 0. The minimum absolute atomic E-state index is 0.493. The van der Waals surface area contributed by atoms with Crippen molar-refractivity contribution in [3.05, 3.63) is 36.0 Å². The molecule has 21 heavy (non-hydrogen) atoms. The summed E-state index contributed by atoms with van der Waals surface area (Å²) in [6, 6.07) is 9.22. The molecule has 2 N–H and O–H groups in total. The van der Waals surface area contributed by atoms with E-state index in [9.17, 15) is 4.79 Å². The number of hydrogen-bond donors (Lipinski definition) is 1. The van der Waals surface area contributed by atoms with Crippen LogP contribution < -0.4 is 5.73 Å². The second-order valence-electron chi connectivity index (χ2n) is 5.67. The first-order valence-electron chi connectivity index (χ1n) is 6.54. The lowest BCUT2D eigenvalue weighted by Crippen LogP contribution is -2.28. The van der Waals surface area contributed by atoms with Crippen LogP contribution in [-0.2, 0) is 10.1 Å². The SMILES string of the molecule is CC(C)(C)OC(=O)n1nc(-c2cccc(N)c2)cc1CBr. The van der Waals surface area contributed by atoms with Crippen LogP contribution in [0.1, 0.15) is 26.5 Å². The fraction of sp³-hybridized carbons (Fsp3) is 0.333. The Labute approximate surface area is 132 Å². The topological polar surface area (TPSA) is 70.1 Å². The molecule has 6 heteroatoms. The molecule has 2 rings (SSSR count). The number of nitrogens with two attached hydrogens (primary N) is 1. The van der Waals surface area contributed by atoms with Gasteiger partial charge < -0.3 is 10.5 Å². The van der Waals surface area contributed by atoms with E-state index in [0.29, 0.717) is 16.7 Å². The predicted molar refractivity (Wildman–Crippen MR) is 86.3 cm³/mol. The van der Waals surface area contributed by atoms with E-state index in [4.69, 9.17) is 10.5 Å². The van der Waals surface area contributed by atoms with Gasteiger partial charge in [0.15, 0.2) is 0 Å². The van der Waals surface area contributed by atoms with Crippen molar-refractivity contribution in [1.82, 2.24) is 9.78 Å². The number of carbonyl (C=O) groups is 1. The Hall–Kier alpha value is -1.82. The number of aromatic nitrogens is 2. The van der Waals surface area contributed by atoms with Crippen molar-refractivity contribution in [2.45, 2.75) is 31.7 Å². The number of nitrogens with zero attached hydrogens (tertiary/aromatic N) is 2. The Balaban J connectivity index is 2.38. The van der Waals surface area contributed by atoms with Crippen LogP contribution in [0.15, 0.2) is 30.3 Å². The summed E-state index contributed by atoms with van der Waals surface area (Å²) in [5.74, 6) is 0. The van der Waals surface area contributed by atoms with Gasteiger partial charge in [0.1, 0.15) is 5.60 Å². The van der Waals surface area contributed by atoms with E-state index in [1.165, 1.54) is 4.68 Å². The van der Waals surface area contributed by atoms with Gasteiger partial charge in [0.2, 0.25) is 0 Å². The van der Waals surface area contributed by atoms with Gasteiger partial charge in [0.25, 0.3) is 0 Å². The second-order valence-corrected chi connectivity index (χ2v) is 6.23. The zero-order chi connectivity index (χ0) is 15.6. The number of ether oxygens (including phenoxy) is 1. The first-order chi connectivity index (χ1) is 9.80. The summed E-state index contributed by atoms with van der Waals surface area (Å²) in [5, 5.41) is 4.83. The van der Waals surface area contributed by atoms with E-state index in [1.54, 1.807) is 6.07 Å². The quantitative estimate of drug-likeness (QED) is 0.659. The maximum Gasteiger partial charge on any atom is 0.435 e. The van der Waals surface area contributed by atoms with Crippen molar-refractivity contribution >= 4 is 27.7 Å². The van der Waals surface area contributed by atoms with E-state index < -0.39 is 11.7 Å². The molecule has 0 amide bonds. The van der Waals surface area contributed by atoms with Crippen LogP contribution in [0.25, 0.3) is 11.3 Å². The van der Waals surface area contributed by atoms with Crippen LogP contribution in [0.3, 0.4) is 0 Å². The molecule has 0 aliphatic carbocycles. The first-order valence-corrected chi connectivity index (χ1v) is 7.66. The van der Waals surface area contributed by atoms with Crippen molar-refractivity contribution < 1.29 is 9.53 Å².